The largest absolute Gasteiger partial charge is 0.371 e. The first-order valence-electron chi connectivity index (χ1n) is 5.25. The summed E-state index contributed by atoms with van der Waals surface area (Å²) in [5, 5.41) is 13.9. The van der Waals surface area contributed by atoms with Crippen molar-refractivity contribution in [1.82, 2.24) is 10.6 Å². The van der Waals surface area contributed by atoms with Crippen LogP contribution in [0.15, 0.2) is 0 Å². The quantitative estimate of drug-likeness (QED) is 0.609. The molecule has 1 amide bonds. The van der Waals surface area contributed by atoms with E-state index < -0.39 is 0 Å². The topological polar surface area (TPSA) is 74.2 Å². The van der Waals surface area contributed by atoms with Crippen LogP contribution in [0.25, 0.3) is 0 Å². The van der Waals surface area contributed by atoms with Gasteiger partial charge in [-0.05, 0) is 31.8 Å². The maximum atomic E-state index is 11.0. The molecule has 0 aromatic rings. The number of piperidine rings is 1. The monoisotopic (exact) mass is 211 g/mol. The lowest BCUT2D eigenvalue weighted by atomic mass is 9.99. The molecule has 0 saturated carbocycles. The first-order chi connectivity index (χ1) is 7.33. The fourth-order valence-corrected chi connectivity index (χ4v) is 1.56. The summed E-state index contributed by atoms with van der Waals surface area (Å²) in [7, 11) is 0. The summed E-state index contributed by atoms with van der Waals surface area (Å²) in [6.45, 7) is 2.83. The van der Waals surface area contributed by atoms with Crippen LogP contribution in [0.5, 0.6) is 0 Å². The third kappa shape index (κ3) is 5.35. The Labute approximate surface area is 89.8 Å². The van der Waals surface area contributed by atoms with Crippen LogP contribution in [0.2, 0.25) is 0 Å². The van der Waals surface area contributed by atoms with Crippen molar-refractivity contribution in [2.75, 3.05) is 32.8 Å². The zero-order chi connectivity index (χ0) is 10.9. The van der Waals surface area contributed by atoms with Gasteiger partial charge in [-0.1, -0.05) is 0 Å². The van der Waals surface area contributed by atoms with E-state index in [0.29, 0.717) is 12.5 Å². The standard InChI is InChI=1S/C10H17N3O2/c11-3-6-13-10(14)8-15-7-9-1-4-12-5-2-9/h9,12H,1-2,4-8H2,(H,13,14). The number of carbonyl (C=O) groups is 1. The Morgan fingerprint density at radius 3 is 2.93 bits per heavy atom. The molecule has 0 atom stereocenters. The predicted octanol–water partition coefficient (Wildman–Crippen LogP) is -0.358. The number of amides is 1. The molecule has 15 heavy (non-hydrogen) atoms. The molecule has 1 heterocycles. The van der Waals surface area contributed by atoms with Gasteiger partial charge in [0.25, 0.3) is 0 Å². The summed E-state index contributed by atoms with van der Waals surface area (Å²) in [4.78, 5) is 11.0. The van der Waals surface area contributed by atoms with E-state index in [9.17, 15) is 4.79 Å². The molecule has 0 aromatic heterocycles. The number of hydrogen-bond acceptors (Lipinski definition) is 4. The first-order valence-corrected chi connectivity index (χ1v) is 5.25. The van der Waals surface area contributed by atoms with Crippen molar-refractivity contribution in [2.24, 2.45) is 5.92 Å². The molecule has 1 rings (SSSR count). The Kier molecular flexibility index (Phi) is 5.74. The van der Waals surface area contributed by atoms with Crippen molar-refractivity contribution in [3.05, 3.63) is 0 Å². The number of nitriles is 1. The van der Waals surface area contributed by atoms with Crippen molar-refractivity contribution >= 4 is 5.91 Å². The van der Waals surface area contributed by atoms with Gasteiger partial charge >= 0.3 is 0 Å². The lowest BCUT2D eigenvalue weighted by molar-refractivity contribution is -0.126. The second-order valence-electron chi connectivity index (χ2n) is 3.64. The van der Waals surface area contributed by atoms with Gasteiger partial charge in [0.2, 0.25) is 5.91 Å². The van der Waals surface area contributed by atoms with E-state index in [1.165, 1.54) is 0 Å². The third-order valence-electron chi connectivity index (χ3n) is 2.41. The van der Waals surface area contributed by atoms with E-state index in [0.717, 1.165) is 25.9 Å². The zero-order valence-electron chi connectivity index (χ0n) is 8.79. The normalized spacial score (nSPS) is 17.0. The molecule has 0 aliphatic carbocycles. The van der Waals surface area contributed by atoms with Crippen molar-refractivity contribution in [3.8, 4) is 6.07 Å². The van der Waals surface area contributed by atoms with Crippen molar-refractivity contribution in [3.63, 3.8) is 0 Å². The minimum Gasteiger partial charge on any atom is -0.371 e. The summed E-state index contributed by atoms with van der Waals surface area (Å²) in [5.74, 6) is 0.348. The van der Waals surface area contributed by atoms with Gasteiger partial charge in [0.15, 0.2) is 0 Å². The molecule has 84 valence electrons. The zero-order valence-corrected chi connectivity index (χ0v) is 8.79. The van der Waals surface area contributed by atoms with Crippen molar-refractivity contribution in [1.29, 1.82) is 5.26 Å². The average molecular weight is 211 g/mol. The SMILES string of the molecule is N#CCNC(=O)COCC1CCNCC1. The summed E-state index contributed by atoms with van der Waals surface area (Å²) in [6, 6.07) is 1.84. The van der Waals surface area contributed by atoms with Crippen molar-refractivity contribution < 1.29 is 9.53 Å². The number of carbonyl (C=O) groups excluding carboxylic acids is 1. The highest BCUT2D eigenvalue weighted by molar-refractivity contribution is 5.77. The van der Waals surface area contributed by atoms with Crippen LogP contribution in [-0.4, -0.2) is 38.8 Å². The van der Waals surface area contributed by atoms with Crippen LogP contribution in [-0.2, 0) is 9.53 Å². The van der Waals surface area contributed by atoms with E-state index in [2.05, 4.69) is 10.6 Å². The molecule has 2 N–H and O–H groups in total. The molecule has 0 spiro atoms. The molecule has 0 aromatic carbocycles. The molecule has 5 heteroatoms. The Hall–Kier alpha value is -1.12. The smallest absolute Gasteiger partial charge is 0.246 e. The van der Waals surface area contributed by atoms with Gasteiger partial charge < -0.3 is 15.4 Å². The molecular formula is C10H17N3O2. The molecular weight excluding hydrogens is 194 g/mol. The van der Waals surface area contributed by atoms with Crippen LogP contribution >= 0.6 is 0 Å². The third-order valence-corrected chi connectivity index (χ3v) is 2.41. The molecule has 1 fully saturated rings. The molecule has 1 aliphatic heterocycles. The fourth-order valence-electron chi connectivity index (χ4n) is 1.56. The molecule has 1 saturated heterocycles. The number of nitrogens with one attached hydrogen (secondary N) is 2. The summed E-state index contributed by atoms with van der Waals surface area (Å²) >= 11 is 0. The van der Waals surface area contributed by atoms with Gasteiger partial charge in [0, 0.05) is 0 Å². The van der Waals surface area contributed by atoms with Crippen LogP contribution < -0.4 is 10.6 Å². The van der Waals surface area contributed by atoms with E-state index >= 15 is 0 Å². The molecule has 0 radical (unpaired) electrons. The highest BCUT2D eigenvalue weighted by Gasteiger charge is 2.13. The van der Waals surface area contributed by atoms with E-state index in [1.54, 1.807) is 0 Å². The minimum atomic E-state index is -0.217. The summed E-state index contributed by atoms with van der Waals surface area (Å²) < 4.78 is 5.28. The molecule has 1 aliphatic rings. The predicted molar refractivity (Wildman–Crippen MR) is 55.0 cm³/mol. The van der Waals surface area contributed by atoms with Gasteiger partial charge in [0.1, 0.15) is 13.2 Å². The van der Waals surface area contributed by atoms with Crippen LogP contribution in [0, 0.1) is 17.2 Å². The lowest BCUT2D eigenvalue weighted by Gasteiger charge is -2.22. The molecule has 0 unspecified atom stereocenters. The fraction of sp³-hybridized carbons (Fsp3) is 0.800. The minimum absolute atomic E-state index is 0.0511. The summed E-state index contributed by atoms with van der Waals surface area (Å²) in [6.07, 6.45) is 2.22. The van der Waals surface area contributed by atoms with E-state index in [-0.39, 0.29) is 19.1 Å². The van der Waals surface area contributed by atoms with Gasteiger partial charge in [-0.15, -0.1) is 0 Å². The Morgan fingerprint density at radius 1 is 1.53 bits per heavy atom. The van der Waals surface area contributed by atoms with Crippen LogP contribution in [0.4, 0.5) is 0 Å². The first kappa shape index (κ1) is 12.0. The lowest BCUT2D eigenvalue weighted by Crippen LogP contribution is -2.32. The Bertz CT molecular complexity index is 231. The summed E-state index contributed by atoms with van der Waals surface area (Å²) in [5.41, 5.74) is 0. The maximum Gasteiger partial charge on any atom is 0.246 e. The molecule has 5 nitrogen and oxygen atoms in total. The molecule has 0 bridgehead atoms. The second-order valence-corrected chi connectivity index (χ2v) is 3.64. The Balaban J connectivity index is 2.00. The number of rotatable bonds is 5. The highest BCUT2D eigenvalue weighted by Crippen LogP contribution is 2.11. The van der Waals surface area contributed by atoms with E-state index in [1.807, 2.05) is 6.07 Å². The second kappa shape index (κ2) is 7.21. The van der Waals surface area contributed by atoms with Gasteiger partial charge in [-0.3, -0.25) is 4.79 Å². The number of nitrogens with zero attached hydrogens (tertiary/aromatic N) is 1. The van der Waals surface area contributed by atoms with Crippen LogP contribution in [0.3, 0.4) is 0 Å². The van der Waals surface area contributed by atoms with Crippen molar-refractivity contribution in [2.45, 2.75) is 12.8 Å². The number of ether oxygens (including phenoxy) is 1. The average Bonchev–Trinajstić information content (AvgIpc) is 2.28. The van der Waals surface area contributed by atoms with E-state index in [4.69, 9.17) is 10.00 Å². The van der Waals surface area contributed by atoms with Gasteiger partial charge in [-0.25, -0.2) is 0 Å². The van der Waals surface area contributed by atoms with Gasteiger partial charge in [0.05, 0.1) is 12.7 Å². The van der Waals surface area contributed by atoms with Gasteiger partial charge in [-0.2, -0.15) is 5.26 Å². The highest BCUT2D eigenvalue weighted by atomic mass is 16.5. The maximum absolute atomic E-state index is 11.0. The van der Waals surface area contributed by atoms with Crippen LogP contribution in [0.1, 0.15) is 12.8 Å². The Morgan fingerprint density at radius 2 is 2.27 bits per heavy atom. The number of hydrogen-bond donors (Lipinski definition) is 2.